The van der Waals surface area contributed by atoms with Crippen LogP contribution in [0.4, 0.5) is 5.82 Å². The first-order valence-corrected chi connectivity index (χ1v) is 6.11. The van der Waals surface area contributed by atoms with Crippen molar-refractivity contribution >= 4 is 5.82 Å². The van der Waals surface area contributed by atoms with Gasteiger partial charge in [-0.25, -0.2) is 9.97 Å². The Morgan fingerprint density at radius 2 is 2.47 bits per heavy atom. The van der Waals surface area contributed by atoms with E-state index in [9.17, 15) is 0 Å². The van der Waals surface area contributed by atoms with Crippen LogP contribution < -0.4 is 10.2 Å². The van der Waals surface area contributed by atoms with E-state index in [2.05, 4.69) is 34.0 Å². The molecule has 0 aromatic carbocycles. The number of nitrogens with zero attached hydrogens (tertiary/aromatic N) is 3. The Hall–Kier alpha value is -1.20. The lowest BCUT2D eigenvalue weighted by Gasteiger charge is -2.36. The minimum absolute atomic E-state index is 0.348. The Kier molecular flexibility index (Phi) is 4.28. The summed E-state index contributed by atoms with van der Waals surface area (Å²) in [6.45, 7) is 7.63. The minimum Gasteiger partial charge on any atom is -0.377 e. The summed E-state index contributed by atoms with van der Waals surface area (Å²) in [6, 6.07) is 2.79. The molecular formula is C12H20N4O. The van der Waals surface area contributed by atoms with E-state index >= 15 is 0 Å². The molecule has 1 saturated heterocycles. The van der Waals surface area contributed by atoms with Gasteiger partial charge in [-0.2, -0.15) is 0 Å². The average Bonchev–Trinajstić information content (AvgIpc) is 2.38. The lowest BCUT2D eigenvalue weighted by Crippen LogP contribution is -2.51. The van der Waals surface area contributed by atoms with Gasteiger partial charge in [-0.3, -0.25) is 0 Å². The van der Waals surface area contributed by atoms with Crippen LogP contribution in [0.3, 0.4) is 0 Å². The Morgan fingerprint density at radius 3 is 3.18 bits per heavy atom. The quantitative estimate of drug-likeness (QED) is 0.833. The first kappa shape index (κ1) is 12.3. The van der Waals surface area contributed by atoms with Crippen LogP contribution in [0.25, 0.3) is 0 Å². The predicted molar refractivity (Wildman–Crippen MR) is 67.1 cm³/mol. The predicted octanol–water partition coefficient (Wildman–Crippen LogP) is 0.680. The van der Waals surface area contributed by atoms with Crippen LogP contribution in [0.2, 0.25) is 0 Å². The molecule has 5 heteroatoms. The number of ether oxygens (including phenoxy) is 1. The first-order chi connectivity index (χ1) is 8.27. The fourth-order valence-electron chi connectivity index (χ4n) is 1.95. The molecular weight excluding hydrogens is 216 g/mol. The smallest absolute Gasteiger partial charge is 0.132 e. The molecule has 2 rings (SSSR count). The maximum absolute atomic E-state index is 5.54. The second-order valence-electron chi connectivity index (χ2n) is 4.55. The van der Waals surface area contributed by atoms with E-state index in [-0.39, 0.29) is 0 Å². The molecule has 5 nitrogen and oxygen atoms in total. The minimum atomic E-state index is 0.348. The molecule has 94 valence electrons. The summed E-state index contributed by atoms with van der Waals surface area (Å²) in [5.74, 6) is 0.985. The highest BCUT2D eigenvalue weighted by molar-refractivity contribution is 5.38. The van der Waals surface area contributed by atoms with Crippen LogP contribution >= 0.6 is 0 Å². The molecule has 0 amide bonds. The Bertz CT molecular complexity index is 331. The van der Waals surface area contributed by atoms with Gasteiger partial charge in [-0.15, -0.1) is 0 Å². The van der Waals surface area contributed by atoms with Gasteiger partial charge in [0.1, 0.15) is 12.1 Å². The van der Waals surface area contributed by atoms with Crippen LogP contribution in [-0.4, -0.2) is 48.4 Å². The van der Waals surface area contributed by atoms with Crippen LogP contribution in [0.15, 0.2) is 18.6 Å². The van der Waals surface area contributed by atoms with E-state index in [1.54, 1.807) is 12.5 Å². The summed E-state index contributed by atoms with van der Waals surface area (Å²) in [5.41, 5.74) is 0. The second-order valence-corrected chi connectivity index (χ2v) is 4.55. The Morgan fingerprint density at radius 1 is 1.59 bits per heavy atom. The van der Waals surface area contributed by atoms with Gasteiger partial charge in [0.05, 0.1) is 19.3 Å². The number of nitrogens with one attached hydrogen (secondary N) is 1. The maximum Gasteiger partial charge on any atom is 0.132 e. The van der Waals surface area contributed by atoms with Crippen molar-refractivity contribution in [1.82, 2.24) is 15.3 Å². The van der Waals surface area contributed by atoms with Gasteiger partial charge in [-0.05, 0) is 6.07 Å². The number of morpholine rings is 1. The van der Waals surface area contributed by atoms with Gasteiger partial charge in [0, 0.05) is 25.3 Å². The number of hydrogen-bond acceptors (Lipinski definition) is 5. The zero-order chi connectivity index (χ0) is 12.1. The molecule has 1 aromatic rings. The van der Waals surface area contributed by atoms with E-state index in [1.807, 2.05) is 6.07 Å². The number of anilines is 1. The molecule has 1 unspecified atom stereocenters. The normalized spacial score (nSPS) is 20.9. The molecule has 1 aromatic heterocycles. The molecule has 1 aliphatic rings. The van der Waals surface area contributed by atoms with E-state index < -0.39 is 0 Å². The SMILES string of the molecule is CC(C)NCC1COCCN1c1ccncn1. The molecule has 17 heavy (non-hydrogen) atoms. The first-order valence-electron chi connectivity index (χ1n) is 6.11. The third-order valence-electron chi connectivity index (χ3n) is 2.85. The van der Waals surface area contributed by atoms with Gasteiger partial charge in [0.2, 0.25) is 0 Å². The van der Waals surface area contributed by atoms with Crippen molar-refractivity contribution in [2.24, 2.45) is 0 Å². The monoisotopic (exact) mass is 236 g/mol. The third kappa shape index (κ3) is 3.38. The summed E-state index contributed by atoms with van der Waals surface area (Å²) in [4.78, 5) is 10.6. The van der Waals surface area contributed by atoms with E-state index in [0.29, 0.717) is 12.1 Å². The number of aromatic nitrogens is 2. The lowest BCUT2D eigenvalue weighted by molar-refractivity contribution is 0.0927. The van der Waals surface area contributed by atoms with Crippen LogP contribution in [0.5, 0.6) is 0 Å². The molecule has 0 aliphatic carbocycles. The maximum atomic E-state index is 5.54. The number of hydrogen-bond donors (Lipinski definition) is 1. The van der Waals surface area contributed by atoms with E-state index in [1.165, 1.54) is 0 Å². The largest absolute Gasteiger partial charge is 0.377 e. The van der Waals surface area contributed by atoms with Crippen molar-refractivity contribution in [2.45, 2.75) is 25.9 Å². The lowest BCUT2D eigenvalue weighted by atomic mass is 10.2. The highest BCUT2D eigenvalue weighted by atomic mass is 16.5. The van der Waals surface area contributed by atoms with Gasteiger partial charge >= 0.3 is 0 Å². The van der Waals surface area contributed by atoms with Gasteiger partial charge in [0.15, 0.2) is 0 Å². The topological polar surface area (TPSA) is 50.3 Å². The molecule has 0 spiro atoms. The standard InChI is InChI=1S/C12H20N4O/c1-10(2)14-7-11-8-17-6-5-16(11)12-3-4-13-9-15-12/h3-4,9-11,14H,5-8H2,1-2H3. The zero-order valence-electron chi connectivity index (χ0n) is 10.5. The molecule has 2 heterocycles. The average molecular weight is 236 g/mol. The summed E-state index contributed by atoms with van der Waals surface area (Å²) < 4.78 is 5.54. The summed E-state index contributed by atoms with van der Waals surface area (Å²) in [5, 5.41) is 3.45. The highest BCUT2D eigenvalue weighted by Crippen LogP contribution is 2.15. The van der Waals surface area contributed by atoms with Crippen molar-refractivity contribution in [3.63, 3.8) is 0 Å². The Balaban J connectivity index is 2.02. The Labute approximate surface area is 102 Å². The van der Waals surface area contributed by atoms with Crippen molar-refractivity contribution in [1.29, 1.82) is 0 Å². The summed E-state index contributed by atoms with van der Waals surface area (Å²) in [7, 11) is 0. The zero-order valence-corrected chi connectivity index (χ0v) is 10.5. The fourth-order valence-corrected chi connectivity index (χ4v) is 1.95. The van der Waals surface area contributed by atoms with Crippen molar-refractivity contribution < 1.29 is 4.74 Å². The highest BCUT2D eigenvalue weighted by Gasteiger charge is 2.23. The molecule has 0 saturated carbocycles. The second kappa shape index (κ2) is 5.93. The van der Waals surface area contributed by atoms with Gasteiger partial charge in [0.25, 0.3) is 0 Å². The summed E-state index contributed by atoms with van der Waals surface area (Å²) >= 11 is 0. The van der Waals surface area contributed by atoms with Crippen molar-refractivity contribution in [2.75, 3.05) is 31.2 Å². The van der Waals surface area contributed by atoms with Gasteiger partial charge < -0.3 is 15.0 Å². The molecule has 1 atom stereocenters. The molecule has 0 radical (unpaired) electrons. The molecule has 1 fully saturated rings. The van der Waals surface area contributed by atoms with Crippen LogP contribution in [0, 0.1) is 0 Å². The van der Waals surface area contributed by atoms with Crippen molar-refractivity contribution in [3.8, 4) is 0 Å². The molecule has 0 bridgehead atoms. The molecule has 1 aliphatic heterocycles. The third-order valence-corrected chi connectivity index (χ3v) is 2.85. The molecule has 1 N–H and O–H groups in total. The van der Waals surface area contributed by atoms with E-state index in [4.69, 9.17) is 4.74 Å². The van der Waals surface area contributed by atoms with Gasteiger partial charge in [-0.1, -0.05) is 13.8 Å². The number of rotatable bonds is 4. The van der Waals surface area contributed by atoms with E-state index in [0.717, 1.165) is 32.1 Å². The summed E-state index contributed by atoms with van der Waals surface area (Å²) in [6.07, 6.45) is 3.38. The van der Waals surface area contributed by atoms with Crippen LogP contribution in [-0.2, 0) is 4.74 Å². The van der Waals surface area contributed by atoms with Crippen molar-refractivity contribution in [3.05, 3.63) is 18.6 Å². The van der Waals surface area contributed by atoms with Crippen LogP contribution in [0.1, 0.15) is 13.8 Å². The fraction of sp³-hybridized carbons (Fsp3) is 0.667.